The minimum Gasteiger partial charge on any atom is -0.497 e. The Hall–Kier alpha value is -4.14. The van der Waals surface area contributed by atoms with Gasteiger partial charge in [-0.25, -0.2) is 4.79 Å². The summed E-state index contributed by atoms with van der Waals surface area (Å²) in [6, 6.07) is 15.7. The van der Waals surface area contributed by atoms with Gasteiger partial charge in [-0.1, -0.05) is 17.3 Å². The van der Waals surface area contributed by atoms with Gasteiger partial charge in [-0.3, -0.25) is 14.5 Å². The van der Waals surface area contributed by atoms with E-state index < -0.39 is 11.6 Å². The fourth-order valence-electron chi connectivity index (χ4n) is 4.42. The van der Waals surface area contributed by atoms with Crippen LogP contribution in [0.5, 0.6) is 5.75 Å². The summed E-state index contributed by atoms with van der Waals surface area (Å²) in [4.78, 5) is 41.8. The van der Waals surface area contributed by atoms with Gasteiger partial charge in [0.2, 0.25) is 11.6 Å². The number of likely N-dealkylation sites (N-methyl/N-ethyl adjacent to an activating group) is 1. The van der Waals surface area contributed by atoms with E-state index in [1.807, 2.05) is 24.3 Å². The van der Waals surface area contributed by atoms with Crippen molar-refractivity contribution < 1.29 is 28.4 Å². The fraction of sp³-hybridized carbons (Fsp3) is 0.250. The van der Waals surface area contributed by atoms with Crippen LogP contribution in [0, 0.1) is 0 Å². The Morgan fingerprint density at radius 1 is 1.15 bits per heavy atom. The summed E-state index contributed by atoms with van der Waals surface area (Å²) >= 11 is 0. The lowest BCUT2D eigenvalue weighted by Crippen LogP contribution is -2.67. The van der Waals surface area contributed by atoms with Gasteiger partial charge in [0.05, 0.1) is 18.4 Å². The molecule has 168 valence electrons. The molecule has 9 heteroatoms. The highest BCUT2D eigenvalue weighted by Crippen LogP contribution is 2.44. The maximum absolute atomic E-state index is 13.3. The predicted molar refractivity (Wildman–Crippen MR) is 116 cm³/mol. The number of aromatic nitrogens is 1. The molecule has 1 aromatic heterocycles. The van der Waals surface area contributed by atoms with Crippen LogP contribution in [-0.4, -0.2) is 47.7 Å². The summed E-state index contributed by atoms with van der Waals surface area (Å²) in [5.74, 6) is -0.207. The van der Waals surface area contributed by atoms with Crippen LogP contribution in [0.2, 0.25) is 0 Å². The van der Waals surface area contributed by atoms with Crippen LogP contribution in [0.1, 0.15) is 29.0 Å². The largest absolute Gasteiger partial charge is 0.497 e. The van der Waals surface area contributed by atoms with Crippen molar-refractivity contribution in [1.82, 2.24) is 10.1 Å². The van der Waals surface area contributed by atoms with Gasteiger partial charge in [0.1, 0.15) is 11.4 Å². The zero-order valence-corrected chi connectivity index (χ0v) is 18.1. The van der Waals surface area contributed by atoms with E-state index in [1.54, 1.807) is 37.4 Å². The Kier molecular flexibility index (Phi) is 4.88. The van der Waals surface area contributed by atoms with E-state index >= 15 is 0 Å². The first-order valence-corrected chi connectivity index (χ1v) is 10.4. The summed E-state index contributed by atoms with van der Waals surface area (Å²) in [7, 11) is 3.10. The first-order valence-electron chi connectivity index (χ1n) is 10.4. The maximum Gasteiger partial charge on any atom is 0.354 e. The topological polar surface area (TPSA) is 102 Å². The summed E-state index contributed by atoms with van der Waals surface area (Å²) in [6.07, 6.45) is 0.278. The van der Waals surface area contributed by atoms with Gasteiger partial charge in [0.15, 0.2) is 12.4 Å². The highest BCUT2D eigenvalue weighted by molar-refractivity contribution is 6.15. The third kappa shape index (κ3) is 3.15. The zero-order chi connectivity index (χ0) is 23.2. The van der Waals surface area contributed by atoms with Gasteiger partial charge in [0.25, 0.3) is 5.91 Å². The van der Waals surface area contributed by atoms with Crippen molar-refractivity contribution in [2.75, 3.05) is 19.1 Å². The van der Waals surface area contributed by atoms with Crippen molar-refractivity contribution in [1.29, 1.82) is 0 Å². The van der Waals surface area contributed by atoms with Gasteiger partial charge in [-0.05, 0) is 36.4 Å². The molecule has 0 saturated carbocycles. The number of rotatable bonds is 5. The number of para-hydroxylation sites is 1. The second kappa shape index (κ2) is 7.77. The number of fused-ring (bicyclic) bond motifs is 3. The minimum atomic E-state index is -1.53. The number of carbonyl (C=O) groups excluding carboxylic acids is 3. The molecule has 2 aliphatic heterocycles. The zero-order valence-electron chi connectivity index (χ0n) is 18.1. The number of nitrogens with zero attached hydrogens (tertiary/aromatic N) is 3. The molecule has 3 aromatic rings. The lowest BCUT2D eigenvalue weighted by atomic mass is 9.97. The number of carbonyl (C=O) groups is 3. The number of anilines is 1. The Bertz CT molecular complexity index is 1250. The number of esters is 1. The van der Waals surface area contributed by atoms with Crippen LogP contribution in [0.3, 0.4) is 0 Å². The first-order chi connectivity index (χ1) is 16.0. The van der Waals surface area contributed by atoms with Crippen molar-refractivity contribution in [3.8, 4) is 17.0 Å². The minimum absolute atomic E-state index is 0.130. The predicted octanol–water partition coefficient (Wildman–Crippen LogP) is 3.00. The van der Waals surface area contributed by atoms with Crippen LogP contribution in [0.25, 0.3) is 11.3 Å². The molecule has 5 rings (SSSR count). The fourth-order valence-corrected chi connectivity index (χ4v) is 4.42. The number of benzene rings is 2. The molecule has 1 fully saturated rings. The van der Waals surface area contributed by atoms with Crippen LogP contribution < -0.4 is 9.64 Å². The van der Waals surface area contributed by atoms with Crippen molar-refractivity contribution in [2.24, 2.45) is 0 Å². The van der Waals surface area contributed by atoms with E-state index in [-0.39, 0.29) is 31.3 Å². The molecule has 2 aliphatic rings. The van der Waals surface area contributed by atoms with Gasteiger partial charge >= 0.3 is 5.97 Å². The normalized spacial score (nSPS) is 19.3. The summed E-state index contributed by atoms with van der Waals surface area (Å²) < 4.78 is 16.0. The number of amides is 2. The van der Waals surface area contributed by atoms with Gasteiger partial charge in [-0.2, -0.15) is 0 Å². The molecule has 0 radical (unpaired) electrons. The molecule has 1 atom stereocenters. The van der Waals surface area contributed by atoms with Crippen LogP contribution in [0.4, 0.5) is 5.69 Å². The van der Waals surface area contributed by atoms with Gasteiger partial charge in [0, 0.05) is 31.5 Å². The van der Waals surface area contributed by atoms with Crippen LogP contribution in [-0.2, 0) is 20.9 Å². The first kappa shape index (κ1) is 20.7. The molecule has 1 saturated heterocycles. The quantitative estimate of drug-likeness (QED) is 0.554. The van der Waals surface area contributed by atoms with E-state index in [0.717, 1.165) is 11.3 Å². The number of methoxy groups -OCH3 is 1. The molecule has 9 nitrogen and oxygen atoms in total. The van der Waals surface area contributed by atoms with Gasteiger partial charge < -0.3 is 18.9 Å². The van der Waals surface area contributed by atoms with E-state index in [9.17, 15) is 14.4 Å². The molecule has 1 unspecified atom stereocenters. The summed E-state index contributed by atoms with van der Waals surface area (Å²) in [5.41, 5.74) is 0.664. The lowest BCUT2D eigenvalue weighted by molar-refractivity contribution is -0.158. The average molecular weight is 447 g/mol. The average Bonchev–Trinajstić information content (AvgIpc) is 3.46. The monoisotopic (exact) mass is 447 g/mol. The van der Waals surface area contributed by atoms with Crippen molar-refractivity contribution >= 4 is 23.5 Å². The van der Waals surface area contributed by atoms with E-state index in [4.69, 9.17) is 14.0 Å². The lowest BCUT2D eigenvalue weighted by Gasteiger charge is -2.46. The van der Waals surface area contributed by atoms with E-state index in [0.29, 0.717) is 22.7 Å². The Morgan fingerprint density at radius 3 is 2.67 bits per heavy atom. The molecule has 2 aromatic carbocycles. The third-order valence-corrected chi connectivity index (χ3v) is 6.16. The maximum atomic E-state index is 13.3. The van der Waals surface area contributed by atoms with E-state index in [1.165, 1.54) is 16.8 Å². The second-order valence-corrected chi connectivity index (χ2v) is 7.91. The summed E-state index contributed by atoms with van der Waals surface area (Å²) in [6.45, 7) is -0.185. The second-order valence-electron chi connectivity index (χ2n) is 7.91. The highest BCUT2D eigenvalue weighted by Gasteiger charge is 2.60. The highest BCUT2D eigenvalue weighted by atomic mass is 16.6. The number of ether oxygens (including phenoxy) is 2. The molecule has 0 aliphatic carbocycles. The molecule has 0 spiro atoms. The van der Waals surface area contributed by atoms with E-state index in [2.05, 4.69) is 5.16 Å². The molecular formula is C24H21N3O6. The molecular weight excluding hydrogens is 426 g/mol. The molecule has 2 amide bonds. The Morgan fingerprint density at radius 2 is 1.91 bits per heavy atom. The van der Waals surface area contributed by atoms with Crippen molar-refractivity contribution in [3.05, 3.63) is 65.9 Å². The number of hydrogen-bond acceptors (Lipinski definition) is 7. The SMILES string of the molecule is COc1ccc(-c2cc(COC(=O)C34CCC(=O)N3c3ccccc3C(=O)N4C)on2)cc1. The molecule has 0 bridgehead atoms. The molecule has 3 heterocycles. The molecule has 0 N–H and O–H groups in total. The smallest absolute Gasteiger partial charge is 0.354 e. The Labute approximate surface area is 189 Å². The van der Waals surface area contributed by atoms with Gasteiger partial charge in [-0.15, -0.1) is 0 Å². The third-order valence-electron chi connectivity index (χ3n) is 6.16. The number of hydrogen-bond donors (Lipinski definition) is 0. The molecule has 33 heavy (non-hydrogen) atoms. The summed E-state index contributed by atoms with van der Waals surface area (Å²) in [5, 5.41) is 4.03. The standard InChI is InChI=1S/C24H21N3O6/c1-26-22(29)18-5-3-4-6-20(18)27-21(28)11-12-24(26,27)23(30)32-14-17-13-19(25-33-17)15-7-9-16(31-2)10-8-15/h3-10,13H,11-12,14H2,1-2H3. The van der Waals surface area contributed by atoms with Crippen molar-refractivity contribution in [3.63, 3.8) is 0 Å². The Balaban J connectivity index is 1.38. The van der Waals surface area contributed by atoms with Crippen molar-refractivity contribution in [2.45, 2.75) is 25.1 Å². The van der Waals surface area contributed by atoms with Crippen LogP contribution >= 0.6 is 0 Å². The van der Waals surface area contributed by atoms with Crippen LogP contribution in [0.15, 0.2) is 59.1 Å².